The zero-order valence-electron chi connectivity index (χ0n) is 29.1. The third kappa shape index (κ3) is 4.55. The van der Waals surface area contributed by atoms with Crippen molar-refractivity contribution in [1.29, 1.82) is 0 Å². The standard InChI is InChI=1S/C49H32N4O/c1-3-13-31(14-4-1)46-51-47(32-15-5-2-6-16-32)53-48(52-46)34-25-27-40-38(30-34)37-29-33(35-17-11-21-43-36(35)18-12-28-50-43)24-26-39(37)49(40)41-19-7-9-22-44(41)54-45-23-10-8-20-42(45)49/h1-30,46H,(H,51,52,53). The zero-order chi connectivity index (χ0) is 35.6. The fourth-order valence-electron chi connectivity index (χ4n) is 8.69. The van der Waals surface area contributed by atoms with Crippen molar-refractivity contribution in [2.45, 2.75) is 11.6 Å². The molecule has 1 atom stereocenters. The Morgan fingerprint density at radius 2 is 1.07 bits per heavy atom. The number of amidine groups is 2. The first-order valence-corrected chi connectivity index (χ1v) is 18.3. The molecule has 1 unspecified atom stereocenters. The third-order valence-corrected chi connectivity index (χ3v) is 11.1. The summed E-state index contributed by atoms with van der Waals surface area (Å²) >= 11 is 0. The Hall–Kier alpha value is -7.11. The molecule has 0 bridgehead atoms. The summed E-state index contributed by atoms with van der Waals surface area (Å²) in [5, 5.41) is 4.76. The van der Waals surface area contributed by atoms with E-state index in [0.29, 0.717) is 0 Å². The van der Waals surface area contributed by atoms with Gasteiger partial charge in [-0.1, -0.05) is 140 Å². The number of para-hydroxylation sites is 2. The summed E-state index contributed by atoms with van der Waals surface area (Å²) in [6, 6.07) is 61.9. The van der Waals surface area contributed by atoms with Crippen molar-refractivity contribution in [3.63, 3.8) is 0 Å². The lowest BCUT2D eigenvalue weighted by Crippen LogP contribution is -2.36. The molecule has 8 aromatic rings. The summed E-state index contributed by atoms with van der Waals surface area (Å²) in [7, 11) is 0. The maximum atomic E-state index is 6.61. The average Bonchev–Trinajstić information content (AvgIpc) is 3.53. The van der Waals surface area contributed by atoms with Gasteiger partial charge in [0.05, 0.1) is 10.9 Å². The molecule has 0 saturated carbocycles. The molecule has 0 saturated heterocycles. The van der Waals surface area contributed by atoms with Gasteiger partial charge in [-0.25, -0.2) is 9.98 Å². The van der Waals surface area contributed by atoms with E-state index < -0.39 is 5.41 Å². The van der Waals surface area contributed by atoms with Gasteiger partial charge in [-0.05, 0) is 75.3 Å². The van der Waals surface area contributed by atoms with Crippen LogP contribution in [-0.4, -0.2) is 16.7 Å². The third-order valence-electron chi connectivity index (χ3n) is 11.1. The van der Waals surface area contributed by atoms with Crippen molar-refractivity contribution in [3.05, 3.63) is 221 Å². The molecule has 2 aliphatic heterocycles. The average molecular weight is 693 g/mol. The van der Waals surface area contributed by atoms with Crippen molar-refractivity contribution in [1.82, 2.24) is 10.3 Å². The molecule has 254 valence electrons. The van der Waals surface area contributed by atoms with E-state index in [1.165, 1.54) is 22.3 Å². The molecule has 5 heteroatoms. The van der Waals surface area contributed by atoms with Crippen LogP contribution < -0.4 is 10.1 Å². The van der Waals surface area contributed by atoms with Crippen LogP contribution in [-0.2, 0) is 5.41 Å². The van der Waals surface area contributed by atoms with Crippen molar-refractivity contribution in [2.24, 2.45) is 9.98 Å². The Labute approximate surface area is 313 Å². The number of nitrogens with zero attached hydrogens (tertiary/aromatic N) is 3. The van der Waals surface area contributed by atoms with Crippen LogP contribution in [0.1, 0.15) is 45.1 Å². The van der Waals surface area contributed by atoms with Crippen LogP contribution in [0.3, 0.4) is 0 Å². The second-order valence-corrected chi connectivity index (χ2v) is 14.0. The van der Waals surface area contributed by atoms with E-state index in [1.807, 2.05) is 48.7 Å². The number of fused-ring (bicyclic) bond motifs is 10. The fraction of sp³-hybridized carbons (Fsp3) is 0.0408. The van der Waals surface area contributed by atoms with E-state index in [2.05, 4.69) is 144 Å². The number of hydrogen-bond donors (Lipinski definition) is 1. The zero-order valence-corrected chi connectivity index (χ0v) is 29.1. The van der Waals surface area contributed by atoms with Gasteiger partial charge in [0.1, 0.15) is 23.2 Å². The molecule has 1 spiro atoms. The minimum atomic E-state index is -0.585. The first-order chi connectivity index (χ1) is 26.8. The second-order valence-electron chi connectivity index (χ2n) is 14.0. The van der Waals surface area contributed by atoms with Gasteiger partial charge in [0.15, 0.2) is 6.17 Å². The smallest absolute Gasteiger partial charge is 0.169 e. The van der Waals surface area contributed by atoms with Gasteiger partial charge in [-0.15, -0.1) is 0 Å². The highest BCUT2D eigenvalue weighted by atomic mass is 16.5. The Morgan fingerprint density at radius 3 is 1.80 bits per heavy atom. The Kier molecular flexibility index (Phi) is 6.76. The summed E-state index contributed by atoms with van der Waals surface area (Å²) in [4.78, 5) is 15.0. The SMILES string of the molecule is c1ccc(C2=NC(c3ccccc3)N=C(c3ccc4c(c3)-c3cc(-c5cccc6ncccc56)ccc3C43c4ccccc4Oc4ccccc43)N2)cc1. The molecule has 0 radical (unpaired) electrons. The lowest BCUT2D eigenvalue weighted by Gasteiger charge is -2.39. The van der Waals surface area contributed by atoms with Crippen LogP contribution >= 0.6 is 0 Å². The van der Waals surface area contributed by atoms with E-state index in [9.17, 15) is 0 Å². The van der Waals surface area contributed by atoms with Crippen molar-refractivity contribution in [2.75, 3.05) is 0 Å². The number of rotatable bonds is 4. The van der Waals surface area contributed by atoms with Crippen LogP contribution in [0, 0.1) is 0 Å². The molecule has 0 fully saturated rings. The highest BCUT2D eigenvalue weighted by Crippen LogP contribution is 2.62. The Morgan fingerprint density at radius 1 is 0.463 bits per heavy atom. The molecular formula is C49H32N4O. The molecule has 1 aliphatic carbocycles. The summed E-state index contributed by atoms with van der Waals surface area (Å²) in [6.45, 7) is 0. The Bertz CT molecular complexity index is 2790. The second kappa shape index (κ2) is 12.0. The van der Waals surface area contributed by atoms with Gasteiger partial charge < -0.3 is 10.1 Å². The molecule has 3 heterocycles. The monoisotopic (exact) mass is 692 g/mol. The molecule has 5 nitrogen and oxygen atoms in total. The van der Waals surface area contributed by atoms with Crippen LogP contribution in [0.5, 0.6) is 11.5 Å². The molecule has 0 amide bonds. The van der Waals surface area contributed by atoms with Crippen LogP contribution in [0.15, 0.2) is 192 Å². The highest BCUT2D eigenvalue weighted by molar-refractivity contribution is 6.16. The molecule has 11 rings (SSSR count). The predicted octanol–water partition coefficient (Wildman–Crippen LogP) is 10.9. The van der Waals surface area contributed by atoms with Crippen molar-refractivity contribution < 1.29 is 4.74 Å². The molecular weight excluding hydrogens is 661 g/mol. The lowest BCUT2D eigenvalue weighted by atomic mass is 9.66. The van der Waals surface area contributed by atoms with Gasteiger partial charge >= 0.3 is 0 Å². The predicted molar refractivity (Wildman–Crippen MR) is 216 cm³/mol. The van der Waals surface area contributed by atoms with E-state index >= 15 is 0 Å². The normalized spacial score (nSPS) is 15.9. The van der Waals surface area contributed by atoms with Crippen LogP contribution in [0.2, 0.25) is 0 Å². The molecule has 7 aromatic carbocycles. The Balaban J connectivity index is 1.16. The molecule has 3 aliphatic rings. The lowest BCUT2D eigenvalue weighted by molar-refractivity contribution is 0.436. The summed E-state index contributed by atoms with van der Waals surface area (Å²) in [5.41, 5.74) is 12.8. The van der Waals surface area contributed by atoms with Gasteiger partial charge in [-0.3, -0.25) is 4.98 Å². The van der Waals surface area contributed by atoms with Crippen LogP contribution in [0.4, 0.5) is 0 Å². The number of benzene rings is 7. The minimum absolute atomic E-state index is 0.384. The summed E-state index contributed by atoms with van der Waals surface area (Å²) in [6.07, 6.45) is 1.47. The quantitative estimate of drug-likeness (QED) is 0.200. The van der Waals surface area contributed by atoms with Crippen molar-refractivity contribution in [3.8, 4) is 33.8 Å². The number of aliphatic imine (C=N–C) groups is 2. The maximum absolute atomic E-state index is 6.61. The summed E-state index contributed by atoms with van der Waals surface area (Å²) in [5.74, 6) is 3.32. The number of ether oxygens (including phenoxy) is 1. The molecule has 1 aromatic heterocycles. The number of hydrogen-bond acceptors (Lipinski definition) is 5. The highest BCUT2D eigenvalue weighted by Gasteiger charge is 2.51. The van der Waals surface area contributed by atoms with Gasteiger partial charge in [0.25, 0.3) is 0 Å². The number of aromatic nitrogens is 1. The van der Waals surface area contributed by atoms with Gasteiger partial charge in [0.2, 0.25) is 0 Å². The van der Waals surface area contributed by atoms with E-state index in [1.54, 1.807) is 0 Å². The molecule has 54 heavy (non-hydrogen) atoms. The molecule has 1 N–H and O–H groups in total. The van der Waals surface area contributed by atoms with Gasteiger partial charge in [-0.2, -0.15) is 0 Å². The first kappa shape index (κ1) is 30.5. The number of pyridine rings is 1. The van der Waals surface area contributed by atoms with E-state index in [4.69, 9.17) is 14.7 Å². The maximum Gasteiger partial charge on any atom is 0.169 e. The van der Waals surface area contributed by atoms with Gasteiger partial charge in [0, 0.05) is 33.8 Å². The summed E-state index contributed by atoms with van der Waals surface area (Å²) < 4.78 is 6.61. The fourth-order valence-corrected chi connectivity index (χ4v) is 8.69. The van der Waals surface area contributed by atoms with E-state index in [0.717, 1.165) is 73.0 Å². The van der Waals surface area contributed by atoms with Crippen LogP contribution in [0.25, 0.3) is 33.2 Å². The first-order valence-electron chi connectivity index (χ1n) is 18.3. The largest absolute Gasteiger partial charge is 0.457 e. The van der Waals surface area contributed by atoms with E-state index in [-0.39, 0.29) is 6.17 Å². The number of nitrogens with one attached hydrogen (secondary N) is 1. The minimum Gasteiger partial charge on any atom is -0.457 e. The van der Waals surface area contributed by atoms with Crippen molar-refractivity contribution >= 4 is 22.6 Å². The topological polar surface area (TPSA) is 58.9 Å².